The van der Waals surface area contributed by atoms with E-state index in [1.165, 1.54) is 33.5 Å². The first kappa shape index (κ1) is 30.1. The zero-order valence-corrected chi connectivity index (χ0v) is 23.9. The van der Waals surface area contributed by atoms with Crippen molar-refractivity contribution in [1.29, 1.82) is 0 Å². The second-order valence-electron chi connectivity index (χ2n) is 10.7. The smallest absolute Gasteiger partial charge is 0.251 e. The minimum absolute atomic E-state index is 0.00125. The van der Waals surface area contributed by atoms with Crippen molar-refractivity contribution >= 4 is 33.4 Å². The molecule has 4 rings (SSSR count). The molecule has 0 aliphatic carbocycles. The summed E-state index contributed by atoms with van der Waals surface area (Å²) in [4.78, 5) is 19.2. The van der Waals surface area contributed by atoms with Crippen LogP contribution in [0, 0.1) is 5.82 Å². The maximum atomic E-state index is 14.1. The Kier molecular flexibility index (Phi) is 8.68. The zero-order valence-electron chi connectivity index (χ0n) is 22.3. The summed E-state index contributed by atoms with van der Waals surface area (Å²) in [7, 11) is -3.96. The fraction of sp³-hybridized carbons (Fsp3) is 0.429. The third-order valence-corrected chi connectivity index (χ3v) is 9.31. The molecule has 12 heteroatoms. The van der Waals surface area contributed by atoms with E-state index in [4.69, 9.17) is 11.6 Å². The molecule has 40 heavy (non-hydrogen) atoms. The Labute approximate surface area is 237 Å². The van der Waals surface area contributed by atoms with Crippen molar-refractivity contribution in [2.45, 2.75) is 62.1 Å². The van der Waals surface area contributed by atoms with Crippen LogP contribution in [0.15, 0.2) is 70.6 Å². The fourth-order valence-electron chi connectivity index (χ4n) is 4.71. The van der Waals surface area contributed by atoms with Gasteiger partial charge in [-0.2, -0.15) is 4.31 Å². The van der Waals surface area contributed by atoms with E-state index < -0.39 is 33.3 Å². The Morgan fingerprint density at radius 3 is 2.45 bits per heavy atom. The molecule has 0 radical (unpaired) electrons. The number of aliphatic imine (C=N–C) groups is 1. The van der Waals surface area contributed by atoms with Crippen LogP contribution in [-0.2, 0) is 21.4 Å². The van der Waals surface area contributed by atoms with Crippen molar-refractivity contribution in [3.63, 3.8) is 0 Å². The monoisotopic (exact) mass is 596 g/mol. The molecular formula is C28H32ClF3N4O3S. The van der Waals surface area contributed by atoms with Gasteiger partial charge in [-0.15, -0.1) is 0 Å². The van der Waals surface area contributed by atoms with E-state index in [1.54, 1.807) is 38.1 Å². The number of hydrogen-bond donors (Lipinski definition) is 1. The highest BCUT2D eigenvalue weighted by molar-refractivity contribution is 7.89. The molecule has 0 aromatic heterocycles. The Bertz CT molecular complexity index is 1410. The number of piperidine rings is 1. The molecule has 0 saturated carbocycles. The van der Waals surface area contributed by atoms with E-state index in [2.05, 4.69) is 16.9 Å². The summed E-state index contributed by atoms with van der Waals surface area (Å²) < 4.78 is 69.6. The molecule has 216 valence electrons. The molecule has 0 unspecified atom stereocenters. The largest absolute Gasteiger partial charge is 0.363 e. The number of sulfonamides is 1. The van der Waals surface area contributed by atoms with E-state index in [-0.39, 0.29) is 61.3 Å². The summed E-state index contributed by atoms with van der Waals surface area (Å²) in [5.74, 6) is -3.40. The minimum atomic E-state index is -3.96. The van der Waals surface area contributed by atoms with Gasteiger partial charge in [-0.1, -0.05) is 42.4 Å². The number of halogens is 4. The molecule has 7 nitrogen and oxygen atoms in total. The summed E-state index contributed by atoms with van der Waals surface area (Å²) >= 11 is 5.80. The maximum absolute atomic E-state index is 14.1. The predicted molar refractivity (Wildman–Crippen MR) is 148 cm³/mol. The summed E-state index contributed by atoms with van der Waals surface area (Å²) in [6.45, 7) is 7.47. The highest BCUT2D eigenvalue weighted by atomic mass is 35.5. The molecule has 1 amide bonds. The average molecular weight is 597 g/mol. The van der Waals surface area contributed by atoms with E-state index in [1.807, 2.05) is 0 Å². The van der Waals surface area contributed by atoms with E-state index in [0.29, 0.717) is 17.0 Å². The number of nitrogens with one attached hydrogen (secondary N) is 1. The number of alkyl halides is 2. The number of nitrogens with zero attached hydrogens (tertiary/aromatic N) is 3. The lowest BCUT2D eigenvalue weighted by atomic mass is 9.94. The standard InChI is InChI=1S/C28H32ClF3N4O3S/c1-19(25-33-24(27(2,3)34-25)26(37)35-15-12-28(31,32)13-16-35)11-14-36(18-20-9-10-22(29)23(30)17-20)40(38,39)21-7-5-4-6-8-21/h4-10,17,24H,1,11-16,18H2,2-3H3,(H,33,34)/t24-/m0/s1. The number of carbonyl (C=O) groups excluding carboxylic acids is 1. The molecular weight excluding hydrogens is 565 g/mol. The van der Waals surface area contributed by atoms with E-state index in [0.717, 1.165) is 0 Å². The van der Waals surface area contributed by atoms with Gasteiger partial charge < -0.3 is 10.2 Å². The lowest BCUT2D eigenvalue weighted by Gasteiger charge is -2.35. The normalized spacial score (nSPS) is 20.2. The van der Waals surface area contributed by atoms with Gasteiger partial charge in [0.25, 0.3) is 5.92 Å². The third-order valence-electron chi connectivity index (χ3n) is 7.14. The van der Waals surface area contributed by atoms with Crippen molar-refractivity contribution in [2.75, 3.05) is 19.6 Å². The van der Waals surface area contributed by atoms with Crippen LogP contribution in [0.2, 0.25) is 5.02 Å². The summed E-state index contributed by atoms with van der Waals surface area (Å²) in [5.41, 5.74) is 0.0951. The van der Waals surface area contributed by atoms with Gasteiger partial charge in [-0.25, -0.2) is 21.6 Å². The van der Waals surface area contributed by atoms with Crippen LogP contribution in [0.4, 0.5) is 13.2 Å². The van der Waals surface area contributed by atoms with Crippen LogP contribution in [0.25, 0.3) is 0 Å². The summed E-state index contributed by atoms with van der Waals surface area (Å²) in [6.07, 6.45) is -0.599. The first-order valence-electron chi connectivity index (χ1n) is 12.9. The topological polar surface area (TPSA) is 82.1 Å². The molecule has 2 aromatic carbocycles. The first-order valence-corrected chi connectivity index (χ1v) is 14.7. The number of rotatable bonds is 9. The Morgan fingerprint density at radius 2 is 1.82 bits per heavy atom. The van der Waals surface area contributed by atoms with Gasteiger partial charge in [0.2, 0.25) is 15.9 Å². The molecule has 0 spiro atoms. The lowest BCUT2D eigenvalue weighted by Crippen LogP contribution is -2.54. The number of likely N-dealkylation sites (tertiary alicyclic amines) is 1. The van der Waals surface area contributed by atoms with Gasteiger partial charge in [0.05, 0.1) is 15.5 Å². The van der Waals surface area contributed by atoms with Gasteiger partial charge in [0.1, 0.15) is 11.7 Å². The number of hydrogen-bond acceptors (Lipinski definition) is 5. The van der Waals surface area contributed by atoms with Gasteiger partial charge >= 0.3 is 0 Å². The van der Waals surface area contributed by atoms with E-state index in [9.17, 15) is 26.4 Å². The quantitative estimate of drug-likeness (QED) is 0.441. The first-order chi connectivity index (χ1) is 18.7. The highest BCUT2D eigenvalue weighted by Gasteiger charge is 2.45. The number of amides is 1. The van der Waals surface area contributed by atoms with Crippen LogP contribution in [0.3, 0.4) is 0 Å². The molecule has 1 saturated heterocycles. The van der Waals surface area contributed by atoms with Crippen molar-refractivity contribution in [1.82, 2.24) is 14.5 Å². The maximum Gasteiger partial charge on any atom is 0.251 e. The fourth-order valence-corrected chi connectivity index (χ4v) is 6.28. The van der Waals surface area contributed by atoms with Crippen LogP contribution >= 0.6 is 11.6 Å². The second kappa shape index (κ2) is 11.5. The van der Waals surface area contributed by atoms with Crippen LogP contribution < -0.4 is 5.32 Å². The average Bonchev–Trinajstić information content (AvgIpc) is 3.23. The van der Waals surface area contributed by atoms with Gasteiger partial charge in [-0.3, -0.25) is 9.79 Å². The van der Waals surface area contributed by atoms with Crippen molar-refractivity contribution in [3.8, 4) is 0 Å². The molecule has 2 aliphatic rings. The SMILES string of the molecule is C=C(CCN(Cc1ccc(Cl)c(F)c1)S(=O)(=O)c1ccccc1)C1=N[C@@H](C(=O)N2CCC(F)(F)CC2)C(C)(C)N1. The predicted octanol–water partition coefficient (Wildman–Crippen LogP) is 5.02. The Balaban J connectivity index is 1.51. The molecule has 1 atom stereocenters. The summed E-state index contributed by atoms with van der Waals surface area (Å²) in [5, 5.41) is 3.13. The molecule has 1 fully saturated rings. The van der Waals surface area contributed by atoms with Crippen LogP contribution in [0.1, 0.15) is 38.7 Å². The molecule has 0 bridgehead atoms. The molecule has 2 heterocycles. The molecule has 1 N–H and O–H groups in total. The van der Waals surface area contributed by atoms with Crippen molar-refractivity contribution in [2.24, 2.45) is 4.99 Å². The van der Waals surface area contributed by atoms with Gasteiger partial charge in [-0.05, 0) is 55.7 Å². The van der Waals surface area contributed by atoms with E-state index >= 15 is 0 Å². The minimum Gasteiger partial charge on any atom is -0.363 e. The molecule has 2 aliphatic heterocycles. The second-order valence-corrected chi connectivity index (χ2v) is 13.0. The number of carbonyl (C=O) groups is 1. The van der Waals surface area contributed by atoms with Gasteiger partial charge in [0.15, 0.2) is 6.04 Å². The Morgan fingerprint density at radius 1 is 1.18 bits per heavy atom. The number of benzene rings is 2. The third kappa shape index (κ3) is 6.70. The zero-order chi connectivity index (χ0) is 29.3. The van der Waals surface area contributed by atoms with Crippen LogP contribution in [-0.4, -0.2) is 66.5 Å². The lowest BCUT2D eigenvalue weighted by molar-refractivity contribution is -0.139. The van der Waals surface area contributed by atoms with Gasteiger partial charge in [0, 0.05) is 39.0 Å². The molecule has 2 aromatic rings. The van der Waals surface area contributed by atoms with Crippen molar-refractivity contribution < 1.29 is 26.4 Å². The van der Waals surface area contributed by atoms with Crippen LogP contribution in [0.5, 0.6) is 0 Å². The van der Waals surface area contributed by atoms with Crippen molar-refractivity contribution in [3.05, 3.63) is 77.1 Å². The Hall–Kier alpha value is -2.89. The summed E-state index contributed by atoms with van der Waals surface area (Å²) in [6, 6.07) is 11.2. The highest BCUT2D eigenvalue weighted by Crippen LogP contribution is 2.31. The number of amidine groups is 1.